The highest BCUT2D eigenvalue weighted by molar-refractivity contribution is 6.00. The maximum atomic E-state index is 12.7. The molecule has 1 N–H and O–H groups in total. The van der Waals surface area contributed by atoms with E-state index in [1.807, 2.05) is 38.1 Å². The Morgan fingerprint density at radius 2 is 1.78 bits per heavy atom. The molecule has 1 aliphatic rings. The maximum Gasteiger partial charge on any atom is 0.417 e. The Labute approximate surface area is 185 Å². The zero-order valence-electron chi connectivity index (χ0n) is 18.3. The lowest BCUT2D eigenvalue weighted by molar-refractivity contribution is 0.0696. The van der Waals surface area contributed by atoms with Crippen molar-refractivity contribution in [1.82, 2.24) is 14.8 Å². The predicted molar refractivity (Wildman–Crippen MR) is 120 cm³/mol. The molecule has 0 atom stereocenters. The fourth-order valence-corrected chi connectivity index (χ4v) is 3.87. The van der Waals surface area contributed by atoms with E-state index in [2.05, 4.69) is 9.88 Å². The van der Waals surface area contributed by atoms with E-state index in [1.54, 1.807) is 17.0 Å². The van der Waals surface area contributed by atoms with Crippen molar-refractivity contribution < 1.29 is 18.7 Å². The van der Waals surface area contributed by atoms with Gasteiger partial charge in [0.1, 0.15) is 6.61 Å². The summed E-state index contributed by atoms with van der Waals surface area (Å²) >= 11 is 0. The number of carbonyl (C=O) groups is 2. The van der Waals surface area contributed by atoms with Crippen molar-refractivity contribution in [1.29, 1.82) is 0 Å². The lowest BCUT2D eigenvalue weighted by atomic mass is 10.0. The summed E-state index contributed by atoms with van der Waals surface area (Å²) in [5, 5.41) is 0. The Hall–Kier alpha value is -3.39. The van der Waals surface area contributed by atoms with Crippen LogP contribution in [0.4, 0.5) is 4.79 Å². The number of hydrogen-bond donors (Lipinski definition) is 1. The van der Waals surface area contributed by atoms with E-state index in [0.29, 0.717) is 55.8 Å². The Bertz CT molecular complexity index is 1170. The van der Waals surface area contributed by atoms with Gasteiger partial charge in [0.2, 0.25) is 0 Å². The fraction of sp³-hybridized carbons (Fsp3) is 0.375. The van der Waals surface area contributed by atoms with Gasteiger partial charge in [-0.15, -0.1) is 0 Å². The Morgan fingerprint density at radius 3 is 2.50 bits per heavy atom. The molecule has 8 heteroatoms. The molecule has 2 heterocycles. The second kappa shape index (κ2) is 9.40. The molecule has 0 spiro atoms. The lowest BCUT2D eigenvalue weighted by Crippen LogP contribution is -2.49. The van der Waals surface area contributed by atoms with Crippen LogP contribution in [0.1, 0.15) is 33.5 Å². The zero-order chi connectivity index (χ0) is 22.7. The maximum absolute atomic E-state index is 12.7. The number of fused-ring (bicyclic) bond motifs is 1. The largest absolute Gasteiger partial charge is 0.445 e. The zero-order valence-corrected chi connectivity index (χ0v) is 18.3. The van der Waals surface area contributed by atoms with Crippen molar-refractivity contribution in [2.45, 2.75) is 26.9 Å². The normalized spacial score (nSPS) is 14.6. The van der Waals surface area contributed by atoms with Crippen LogP contribution in [-0.4, -0.2) is 59.4 Å². The number of ether oxygens (including phenoxy) is 1. The predicted octanol–water partition coefficient (Wildman–Crippen LogP) is 3.27. The molecule has 4 rings (SSSR count). The number of hydrogen-bond acceptors (Lipinski definition) is 6. The first-order chi connectivity index (χ1) is 15.4. The van der Waals surface area contributed by atoms with Gasteiger partial charge in [0.05, 0.1) is 5.52 Å². The molecule has 0 saturated carbocycles. The summed E-state index contributed by atoms with van der Waals surface area (Å²) in [4.78, 5) is 42.9. The molecule has 0 bridgehead atoms. The van der Waals surface area contributed by atoms with E-state index in [1.165, 1.54) is 5.56 Å². The van der Waals surface area contributed by atoms with E-state index < -0.39 is 5.76 Å². The number of piperazine rings is 1. The fourth-order valence-electron chi connectivity index (χ4n) is 3.87. The van der Waals surface area contributed by atoms with Gasteiger partial charge in [-0.3, -0.25) is 14.7 Å². The number of aromatic amines is 1. The number of benzene rings is 2. The second-order valence-electron chi connectivity index (χ2n) is 8.22. The number of rotatable bonds is 6. The van der Waals surface area contributed by atoms with Crippen molar-refractivity contribution in [3.8, 4) is 0 Å². The molecule has 1 aromatic heterocycles. The quantitative estimate of drug-likeness (QED) is 0.595. The van der Waals surface area contributed by atoms with E-state index >= 15 is 0 Å². The number of carbonyl (C=O) groups excluding carboxylic acids is 2. The van der Waals surface area contributed by atoms with Gasteiger partial charge < -0.3 is 14.1 Å². The molecule has 1 amide bonds. The Balaban J connectivity index is 1.24. The number of ketones is 1. The summed E-state index contributed by atoms with van der Waals surface area (Å²) in [6.45, 7) is 7.26. The number of aromatic nitrogens is 1. The van der Waals surface area contributed by atoms with Crippen molar-refractivity contribution in [2.24, 2.45) is 0 Å². The first-order valence-corrected chi connectivity index (χ1v) is 10.8. The van der Waals surface area contributed by atoms with Crippen molar-refractivity contribution in [2.75, 3.05) is 32.7 Å². The van der Waals surface area contributed by atoms with Crippen molar-refractivity contribution in [3.05, 3.63) is 69.2 Å². The van der Waals surface area contributed by atoms with Gasteiger partial charge in [0.15, 0.2) is 11.4 Å². The number of amides is 1. The van der Waals surface area contributed by atoms with Gasteiger partial charge in [0, 0.05) is 44.7 Å². The molecule has 0 unspecified atom stereocenters. The van der Waals surface area contributed by atoms with Crippen LogP contribution in [0.2, 0.25) is 0 Å². The second-order valence-corrected chi connectivity index (χ2v) is 8.22. The van der Waals surface area contributed by atoms with E-state index in [9.17, 15) is 14.4 Å². The number of H-pyrrole nitrogens is 1. The molecule has 32 heavy (non-hydrogen) atoms. The van der Waals surface area contributed by atoms with Crippen LogP contribution >= 0.6 is 0 Å². The minimum Gasteiger partial charge on any atom is -0.445 e. The highest BCUT2D eigenvalue weighted by Crippen LogP contribution is 2.19. The molecule has 0 aliphatic carbocycles. The number of aryl methyl sites for hydroxylation is 2. The molecular weight excluding hydrogens is 410 g/mol. The third kappa shape index (κ3) is 5.08. The average molecular weight is 437 g/mol. The van der Waals surface area contributed by atoms with Crippen LogP contribution < -0.4 is 5.76 Å². The Morgan fingerprint density at radius 1 is 1.06 bits per heavy atom. The van der Waals surface area contributed by atoms with Gasteiger partial charge in [0.25, 0.3) is 0 Å². The van der Waals surface area contributed by atoms with Crippen LogP contribution in [0.3, 0.4) is 0 Å². The van der Waals surface area contributed by atoms with E-state index in [0.717, 1.165) is 11.1 Å². The highest BCUT2D eigenvalue weighted by atomic mass is 16.6. The van der Waals surface area contributed by atoms with Gasteiger partial charge in [-0.25, -0.2) is 9.59 Å². The summed E-state index contributed by atoms with van der Waals surface area (Å²) in [6.07, 6.45) is 0.0528. The van der Waals surface area contributed by atoms with Crippen LogP contribution in [0.25, 0.3) is 11.1 Å². The van der Waals surface area contributed by atoms with Gasteiger partial charge in [-0.05, 0) is 37.1 Å². The van der Waals surface area contributed by atoms with Crippen LogP contribution in [-0.2, 0) is 11.3 Å². The summed E-state index contributed by atoms with van der Waals surface area (Å²) in [5.74, 6) is -0.521. The summed E-state index contributed by atoms with van der Waals surface area (Å²) in [5.41, 5.74) is 4.49. The third-order valence-electron chi connectivity index (χ3n) is 5.83. The SMILES string of the molecule is Cc1ccc(COC(=O)N2CCN(CCC(=O)c3cc4oc(=O)[nH]c4cc3C)CC2)cc1. The van der Waals surface area contributed by atoms with Crippen LogP contribution in [0, 0.1) is 13.8 Å². The van der Waals surface area contributed by atoms with Crippen molar-refractivity contribution >= 4 is 23.0 Å². The minimum atomic E-state index is -0.528. The summed E-state index contributed by atoms with van der Waals surface area (Å²) < 4.78 is 10.5. The molecule has 8 nitrogen and oxygen atoms in total. The number of oxazole rings is 1. The van der Waals surface area contributed by atoms with Gasteiger partial charge >= 0.3 is 11.8 Å². The lowest BCUT2D eigenvalue weighted by Gasteiger charge is -2.34. The third-order valence-corrected chi connectivity index (χ3v) is 5.83. The molecule has 168 valence electrons. The number of nitrogens with one attached hydrogen (secondary N) is 1. The molecule has 0 radical (unpaired) electrons. The smallest absolute Gasteiger partial charge is 0.417 e. The van der Waals surface area contributed by atoms with Crippen molar-refractivity contribution in [3.63, 3.8) is 0 Å². The molecular formula is C24H27N3O5. The van der Waals surface area contributed by atoms with Gasteiger partial charge in [-0.1, -0.05) is 29.8 Å². The first-order valence-electron chi connectivity index (χ1n) is 10.8. The topological polar surface area (TPSA) is 95.8 Å². The van der Waals surface area contributed by atoms with Crippen LogP contribution in [0.5, 0.6) is 0 Å². The monoisotopic (exact) mass is 437 g/mol. The summed E-state index contributed by atoms with van der Waals surface area (Å²) in [6, 6.07) is 11.3. The van der Waals surface area contributed by atoms with Crippen LogP contribution in [0.15, 0.2) is 45.6 Å². The Kier molecular flexibility index (Phi) is 6.41. The van der Waals surface area contributed by atoms with E-state index in [4.69, 9.17) is 9.15 Å². The molecule has 1 aliphatic heterocycles. The number of Topliss-reactive ketones (excluding diaryl/α,β-unsaturated/α-hetero) is 1. The standard InChI is InChI=1S/C24H27N3O5/c1-16-3-5-18(6-4-16)15-31-24(30)27-11-9-26(10-12-27)8-7-21(28)19-14-22-20(13-17(19)2)25-23(29)32-22/h3-6,13-14H,7-12,15H2,1-2H3,(H,25,29). The molecule has 2 aromatic carbocycles. The molecule has 1 fully saturated rings. The average Bonchev–Trinajstić information content (AvgIpc) is 3.15. The highest BCUT2D eigenvalue weighted by Gasteiger charge is 2.23. The molecule has 1 saturated heterocycles. The summed E-state index contributed by atoms with van der Waals surface area (Å²) in [7, 11) is 0. The van der Waals surface area contributed by atoms with Gasteiger partial charge in [-0.2, -0.15) is 0 Å². The first kappa shape index (κ1) is 21.8. The number of nitrogens with zero attached hydrogens (tertiary/aromatic N) is 2. The molecule has 3 aromatic rings. The minimum absolute atomic E-state index is 0.00758. The van der Waals surface area contributed by atoms with E-state index in [-0.39, 0.29) is 18.5 Å².